The van der Waals surface area contributed by atoms with Crippen molar-refractivity contribution in [3.63, 3.8) is 0 Å². The van der Waals surface area contributed by atoms with Crippen LogP contribution in [0.2, 0.25) is 0 Å². The summed E-state index contributed by atoms with van der Waals surface area (Å²) in [7, 11) is -4.18. The predicted molar refractivity (Wildman–Crippen MR) is 88.2 cm³/mol. The van der Waals surface area contributed by atoms with Gasteiger partial charge in [0.25, 0.3) is 0 Å². The van der Waals surface area contributed by atoms with Gasteiger partial charge in [0, 0.05) is 6.54 Å². The van der Waals surface area contributed by atoms with Gasteiger partial charge in [-0.15, -0.1) is 0 Å². The number of halogens is 3. The first kappa shape index (κ1) is 22.4. The largest absolute Gasteiger partial charge is 0.458 e. The Bertz CT molecular complexity index is 711. The summed E-state index contributed by atoms with van der Waals surface area (Å²) in [4.78, 5) is 10.6. The smallest absolute Gasteiger partial charge is 0.417 e. The summed E-state index contributed by atoms with van der Waals surface area (Å²) < 4.78 is 73.0. The minimum atomic E-state index is -4.76. The van der Waals surface area contributed by atoms with Crippen LogP contribution in [0.25, 0.3) is 0 Å². The summed E-state index contributed by atoms with van der Waals surface area (Å²) >= 11 is 0. The molecule has 0 spiro atoms. The molecule has 0 fully saturated rings. The highest BCUT2D eigenvalue weighted by molar-refractivity contribution is 7.91. The Morgan fingerprint density at radius 3 is 2.35 bits per heavy atom. The van der Waals surface area contributed by atoms with E-state index in [0.29, 0.717) is 0 Å². The van der Waals surface area contributed by atoms with Crippen molar-refractivity contribution in [1.29, 1.82) is 0 Å². The number of esters is 1. The van der Waals surface area contributed by atoms with Crippen molar-refractivity contribution in [2.75, 3.05) is 25.6 Å². The Morgan fingerprint density at radius 2 is 1.77 bits per heavy atom. The van der Waals surface area contributed by atoms with E-state index < -0.39 is 43.9 Å². The fourth-order valence-electron chi connectivity index (χ4n) is 1.93. The van der Waals surface area contributed by atoms with Gasteiger partial charge in [-0.25, -0.2) is 13.2 Å². The zero-order valence-corrected chi connectivity index (χ0v) is 15.5. The first-order valence-electron chi connectivity index (χ1n) is 7.72. The molecule has 0 unspecified atom stereocenters. The van der Waals surface area contributed by atoms with Gasteiger partial charge in [0.1, 0.15) is 18.1 Å². The molecule has 0 bridgehead atoms. The number of rotatable bonds is 8. The molecule has 0 heterocycles. The van der Waals surface area contributed by atoms with E-state index in [0.717, 1.165) is 18.2 Å². The molecule has 1 aromatic rings. The van der Waals surface area contributed by atoms with E-state index in [2.05, 4.69) is 5.32 Å². The van der Waals surface area contributed by atoms with E-state index in [-0.39, 0.29) is 19.8 Å². The third-order valence-electron chi connectivity index (χ3n) is 2.88. The van der Waals surface area contributed by atoms with Gasteiger partial charge in [-0.3, -0.25) is 0 Å². The number of hydrogen-bond donors (Lipinski definition) is 1. The van der Waals surface area contributed by atoms with Crippen LogP contribution in [0.4, 0.5) is 13.2 Å². The highest BCUT2D eigenvalue weighted by Crippen LogP contribution is 2.34. The molecule has 0 saturated carbocycles. The zero-order chi connectivity index (χ0) is 20.0. The molecule has 6 nitrogen and oxygen atoms in total. The van der Waals surface area contributed by atoms with Crippen LogP contribution in [-0.4, -0.2) is 45.6 Å². The van der Waals surface area contributed by atoms with E-state index in [1.54, 1.807) is 20.8 Å². The number of carbonyl (C=O) groups is 1. The standard InChI is InChI=1S/C16H22F3NO5S/c1-15(2,3)25-14(21)10-24-9-8-20-11-26(22,23)13-7-5-4-6-12(13)16(17,18)19/h4-7,20H,8-11H2,1-3H3. The molecule has 1 rings (SSSR count). The second kappa shape index (κ2) is 8.83. The number of hydrogen-bond acceptors (Lipinski definition) is 6. The van der Waals surface area contributed by atoms with Crippen LogP contribution in [0.3, 0.4) is 0 Å². The van der Waals surface area contributed by atoms with E-state index in [9.17, 15) is 26.4 Å². The van der Waals surface area contributed by atoms with Crippen molar-refractivity contribution in [3.8, 4) is 0 Å². The van der Waals surface area contributed by atoms with Gasteiger partial charge in [0.2, 0.25) is 0 Å². The van der Waals surface area contributed by atoms with Crippen molar-refractivity contribution in [2.24, 2.45) is 0 Å². The van der Waals surface area contributed by atoms with E-state index in [1.807, 2.05) is 0 Å². The molecule has 0 aliphatic rings. The van der Waals surface area contributed by atoms with Gasteiger partial charge >= 0.3 is 12.1 Å². The second-order valence-electron chi connectivity index (χ2n) is 6.39. The molecule has 0 radical (unpaired) electrons. The Hall–Kier alpha value is -1.65. The molecule has 1 N–H and O–H groups in total. The van der Waals surface area contributed by atoms with E-state index in [4.69, 9.17) is 9.47 Å². The zero-order valence-electron chi connectivity index (χ0n) is 14.7. The molecule has 0 amide bonds. The maximum Gasteiger partial charge on any atom is 0.417 e. The lowest BCUT2D eigenvalue weighted by molar-refractivity contribution is -0.160. The molecular formula is C16H22F3NO5S. The number of ether oxygens (including phenoxy) is 2. The number of alkyl halides is 3. The third kappa shape index (κ3) is 7.71. The van der Waals surface area contributed by atoms with Crippen LogP contribution in [0.15, 0.2) is 29.2 Å². The number of nitrogens with one attached hydrogen (secondary N) is 1. The minimum Gasteiger partial charge on any atom is -0.458 e. The molecule has 26 heavy (non-hydrogen) atoms. The molecule has 10 heteroatoms. The lowest BCUT2D eigenvalue weighted by Crippen LogP contribution is -2.30. The maximum atomic E-state index is 12.9. The minimum absolute atomic E-state index is 0.00429. The van der Waals surface area contributed by atoms with Crippen molar-refractivity contribution in [3.05, 3.63) is 29.8 Å². The first-order chi connectivity index (χ1) is 11.8. The summed E-state index contributed by atoms with van der Waals surface area (Å²) in [5.74, 6) is -1.25. The molecule has 148 valence electrons. The topological polar surface area (TPSA) is 81.7 Å². The molecule has 0 saturated heterocycles. The molecule has 0 aromatic heterocycles. The van der Waals surface area contributed by atoms with Gasteiger partial charge < -0.3 is 14.8 Å². The first-order valence-corrected chi connectivity index (χ1v) is 9.37. The number of benzene rings is 1. The molecule has 0 aliphatic carbocycles. The Morgan fingerprint density at radius 1 is 1.15 bits per heavy atom. The fraction of sp³-hybridized carbons (Fsp3) is 0.562. The molecule has 0 aliphatic heterocycles. The average molecular weight is 397 g/mol. The van der Waals surface area contributed by atoms with E-state index >= 15 is 0 Å². The van der Waals surface area contributed by atoms with Crippen LogP contribution in [-0.2, 0) is 30.3 Å². The SMILES string of the molecule is CC(C)(C)OC(=O)COCCNCS(=O)(=O)c1ccccc1C(F)(F)F. The van der Waals surface area contributed by atoms with Crippen LogP contribution >= 0.6 is 0 Å². The van der Waals surface area contributed by atoms with Gasteiger partial charge in [-0.05, 0) is 32.9 Å². The monoisotopic (exact) mass is 397 g/mol. The van der Waals surface area contributed by atoms with E-state index in [1.165, 1.54) is 6.07 Å². The molecule has 1 aromatic carbocycles. The quantitative estimate of drug-likeness (QED) is 0.536. The van der Waals surface area contributed by atoms with Gasteiger partial charge in [0.15, 0.2) is 9.84 Å². The normalized spacial score (nSPS) is 12.8. The molecule has 0 atom stereocenters. The lowest BCUT2D eigenvalue weighted by atomic mass is 10.2. The van der Waals surface area contributed by atoms with Gasteiger partial charge in [-0.1, -0.05) is 12.1 Å². The summed E-state index contributed by atoms with van der Waals surface area (Å²) in [5.41, 5.74) is -1.85. The number of sulfone groups is 1. The van der Waals surface area contributed by atoms with Crippen molar-refractivity contribution in [2.45, 2.75) is 37.4 Å². The lowest BCUT2D eigenvalue weighted by Gasteiger charge is -2.19. The highest BCUT2D eigenvalue weighted by atomic mass is 32.2. The van der Waals surface area contributed by atoms with Gasteiger partial charge in [-0.2, -0.15) is 13.2 Å². The number of carbonyl (C=O) groups excluding carboxylic acids is 1. The second-order valence-corrected chi connectivity index (χ2v) is 8.35. The summed E-state index contributed by atoms with van der Waals surface area (Å²) in [6.07, 6.45) is -4.76. The average Bonchev–Trinajstić information content (AvgIpc) is 2.48. The Kier molecular flexibility index (Phi) is 7.60. The molecular weight excluding hydrogens is 375 g/mol. The van der Waals surface area contributed by atoms with Crippen molar-refractivity contribution >= 4 is 15.8 Å². The fourth-order valence-corrected chi connectivity index (χ4v) is 3.30. The Labute approximate surface area is 150 Å². The highest BCUT2D eigenvalue weighted by Gasteiger charge is 2.36. The van der Waals surface area contributed by atoms with Crippen molar-refractivity contribution < 1.29 is 35.9 Å². The van der Waals surface area contributed by atoms with Crippen LogP contribution in [0.1, 0.15) is 26.3 Å². The van der Waals surface area contributed by atoms with Crippen LogP contribution in [0.5, 0.6) is 0 Å². The van der Waals surface area contributed by atoms with Crippen LogP contribution in [0, 0.1) is 0 Å². The van der Waals surface area contributed by atoms with Crippen LogP contribution < -0.4 is 5.32 Å². The van der Waals surface area contributed by atoms with Gasteiger partial charge in [0.05, 0.1) is 17.1 Å². The van der Waals surface area contributed by atoms with Crippen molar-refractivity contribution in [1.82, 2.24) is 5.32 Å². The summed E-state index contributed by atoms with van der Waals surface area (Å²) in [6.45, 7) is 4.84. The third-order valence-corrected chi connectivity index (χ3v) is 4.49. The predicted octanol–water partition coefficient (Wildman–Crippen LogP) is 2.38. The summed E-state index contributed by atoms with van der Waals surface area (Å²) in [5, 5.41) is 2.49. The summed E-state index contributed by atoms with van der Waals surface area (Å²) in [6, 6.07) is 3.99. The maximum absolute atomic E-state index is 12.9. The Balaban J connectivity index is 2.48.